The molecule has 6 heteroatoms. The summed E-state index contributed by atoms with van der Waals surface area (Å²) in [5.41, 5.74) is 1.45. The molecule has 1 amide bonds. The molecule has 132 valence electrons. The molecule has 2 fully saturated rings. The molecule has 0 unspecified atom stereocenters. The number of carbonyl (C=O) groups excluding carboxylic acids is 1. The van der Waals surface area contributed by atoms with Crippen molar-refractivity contribution < 1.29 is 9.53 Å². The largest absolute Gasteiger partial charge is 0.367 e. The number of nitrogens with zero attached hydrogens (tertiary/aromatic N) is 4. The summed E-state index contributed by atoms with van der Waals surface area (Å²) in [5, 5.41) is 4.54. The Labute approximate surface area is 143 Å². The molecule has 4 rings (SSSR count). The second-order valence-corrected chi connectivity index (χ2v) is 7.95. The zero-order valence-corrected chi connectivity index (χ0v) is 14.8. The van der Waals surface area contributed by atoms with Crippen molar-refractivity contribution in [3.63, 3.8) is 0 Å². The van der Waals surface area contributed by atoms with E-state index in [1.165, 1.54) is 25.8 Å². The first-order valence-corrected chi connectivity index (χ1v) is 9.19. The van der Waals surface area contributed by atoms with Gasteiger partial charge in [0.15, 0.2) is 5.69 Å². The number of ether oxygens (including phenoxy) is 1. The Hall–Kier alpha value is -1.40. The van der Waals surface area contributed by atoms with Crippen LogP contribution in [0.4, 0.5) is 0 Å². The van der Waals surface area contributed by atoms with Crippen LogP contribution in [0.3, 0.4) is 0 Å². The summed E-state index contributed by atoms with van der Waals surface area (Å²) in [6.07, 6.45) is 6.38. The molecule has 1 aromatic heterocycles. The van der Waals surface area contributed by atoms with E-state index in [-0.39, 0.29) is 11.5 Å². The second kappa shape index (κ2) is 6.15. The lowest BCUT2D eigenvalue weighted by molar-refractivity contribution is -0.124. The van der Waals surface area contributed by atoms with Crippen molar-refractivity contribution in [1.82, 2.24) is 19.6 Å². The molecule has 24 heavy (non-hydrogen) atoms. The van der Waals surface area contributed by atoms with E-state index in [1.54, 1.807) is 19.0 Å². The van der Waals surface area contributed by atoms with E-state index >= 15 is 0 Å². The first-order chi connectivity index (χ1) is 11.5. The molecule has 0 atom stereocenters. The number of carbonyl (C=O) groups is 1. The van der Waals surface area contributed by atoms with Gasteiger partial charge in [-0.05, 0) is 37.7 Å². The van der Waals surface area contributed by atoms with Crippen LogP contribution in [0.1, 0.15) is 48.3 Å². The quantitative estimate of drug-likeness (QED) is 0.846. The van der Waals surface area contributed by atoms with Gasteiger partial charge in [-0.15, -0.1) is 0 Å². The Morgan fingerprint density at radius 3 is 2.75 bits per heavy atom. The molecule has 3 heterocycles. The molecule has 0 aromatic carbocycles. The van der Waals surface area contributed by atoms with Crippen LogP contribution in [0.2, 0.25) is 0 Å². The van der Waals surface area contributed by atoms with Gasteiger partial charge in [-0.3, -0.25) is 9.48 Å². The number of rotatable bonds is 3. The van der Waals surface area contributed by atoms with Crippen LogP contribution in [-0.2, 0) is 17.9 Å². The van der Waals surface area contributed by atoms with Gasteiger partial charge in [0.1, 0.15) is 0 Å². The number of hydrogen-bond donors (Lipinski definition) is 0. The minimum absolute atomic E-state index is 0.0405. The van der Waals surface area contributed by atoms with Crippen LogP contribution < -0.4 is 0 Å². The molecule has 3 aliphatic rings. The van der Waals surface area contributed by atoms with Gasteiger partial charge < -0.3 is 14.5 Å². The molecule has 0 bridgehead atoms. The van der Waals surface area contributed by atoms with Crippen molar-refractivity contribution in [3.8, 4) is 0 Å². The van der Waals surface area contributed by atoms with E-state index in [0.717, 1.165) is 44.1 Å². The number of hydrogen-bond acceptors (Lipinski definition) is 4. The summed E-state index contributed by atoms with van der Waals surface area (Å²) >= 11 is 0. The van der Waals surface area contributed by atoms with Crippen LogP contribution >= 0.6 is 0 Å². The molecule has 0 N–H and O–H groups in total. The Bertz CT molecular complexity index is 613. The van der Waals surface area contributed by atoms with Gasteiger partial charge in [-0.1, -0.05) is 6.42 Å². The van der Waals surface area contributed by atoms with Crippen LogP contribution in [0, 0.1) is 5.92 Å². The smallest absolute Gasteiger partial charge is 0.273 e. The molecule has 0 radical (unpaired) electrons. The SMILES string of the molecule is CN(C)C(=O)c1cc2n(n1)CC1(CCN(CC3CCC3)CC1)OC2. The van der Waals surface area contributed by atoms with Crippen LogP contribution in [0.15, 0.2) is 6.07 Å². The van der Waals surface area contributed by atoms with E-state index < -0.39 is 0 Å². The third-order valence-corrected chi connectivity index (χ3v) is 5.96. The Balaban J connectivity index is 1.40. The van der Waals surface area contributed by atoms with E-state index in [9.17, 15) is 4.79 Å². The summed E-state index contributed by atoms with van der Waals surface area (Å²) in [4.78, 5) is 16.3. The van der Waals surface area contributed by atoms with E-state index in [1.807, 2.05) is 10.7 Å². The van der Waals surface area contributed by atoms with Gasteiger partial charge in [-0.2, -0.15) is 5.10 Å². The molecule has 1 spiro atoms. The van der Waals surface area contributed by atoms with Crippen LogP contribution in [-0.4, -0.2) is 64.8 Å². The molecule has 1 saturated carbocycles. The lowest BCUT2D eigenvalue weighted by Crippen LogP contribution is -2.51. The standard InChI is InChI=1S/C18H28N4O2/c1-20(2)17(23)16-10-15-12-24-18(13-22(15)19-16)6-8-21(9-7-18)11-14-4-3-5-14/h10,14H,3-9,11-13H2,1-2H3. The maximum atomic E-state index is 12.1. The summed E-state index contributed by atoms with van der Waals surface area (Å²) in [6, 6.07) is 1.88. The second-order valence-electron chi connectivity index (χ2n) is 7.95. The van der Waals surface area contributed by atoms with Crippen molar-refractivity contribution in [3.05, 3.63) is 17.5 Å². The number of likely N-dealkylation sites (tertiary alicyclic amines) is 1. The Kier molecular flexibility index (Phi) is 4.12. The first-order valence-electron chi connectivity index (χ1n) is 9.19. The van der Waals surface area contributed by atoms with Gasteiger partial charge in [0.05, 0.1) is 24.4 Å². The summed E-state index contributed by atoms with van der Waals surface area (Å²) in [7, 11) is 3.52. The lowest BCUT2D eigenvalue weighted by atomic mass is 9.83. The van der Waals surface area contributed by atoms with E-state index in [4.69, 9.17) is 4.74 Å². The van der Waals surface area contributed by atoms with Gasteiger partial charge in [0.2, 0.25) is 0 Å². The van der Waals surface area contributed by atoms with Crippen molar-refractivity contribution in [2.75, 3.05) is 33.7 Å². The van der Waals surface area contributed by atoms with E-state index in [0.29, 0.717) is 12.3 Å². The van der Waals surface area contributed by atoms with Gasteiger partial charge >= 0.3 is 0 Å². The Morgan fingerprint density at radius 2 is 2.12 bits per heavy atom. The van der Waals surface area contributed by atoms with Crippen molar-refractivity contribution in [2.45, 2.75) is 50.9 Å². The topological polar surface area (TPSA) is 50.6 Å². The predicted molar refractivity (Wildman–Crippen MR) is 90.8 cm³/mol. The fourth-order valence-corrected chi connectivity index (χ4v) is 4.07. The zero-order valence-electron chi connectivity index (χ0n) is 14.8. The number of aromatic nitrogens is 2. The average molecular weight is 332 g/mol. The fraction of sp³-hybridized carbons (Fsp3) is 0.778. The minimum atomic E-state index is -0.0897. The normalized spacial score (nSPS) is 23.8. The molecule has 6 nitrogen and oxygen atoms in total. The molecular formula is C18H28N4O2. The summed E-state index contributed by atoms with van der Waals surface area (Å²) in [5.74, 6) is 0.893. The maximum absolute atomic E-state index is 12.1. The monoisotopic (exact) mass is 332 g/mol. The highest BCUT2D eigenvalue weighted by Gasteiger charge is 2.40. The molecule has 1 aromatic rings. The van der Waals surface area contributed by atoms with Crippen LogP contribution in [0.5, 0.6) is 0 Å². The number of amides is 1. The molecule has 1 saturated heterocycles. The number of fused-ring (bicyclic) bond motifs is 1. The highest BCUT2D eigenvalue weighted by molar-refractivity contribution is 5.92. The van der Waals surface area contributed by atoms with Crippen molar-refractivity contribution in [2.24, 2.45) is 5.92 Å². The highest BCUT2D eigenvalue weighted by Crippen LogP contribution is 2.35. The minimum Gasteiger partial charge on any atom is -0.367 e. The summed E-state index contributed by atoms with van der Waals surface area (Å²) in [6.45, 7) is 4.86. The van der Waals surface area contributed by atoms with Crippen molar-refractivity contribution in [1.29, 1.82) is 0 Å². The molecule has 1 aliphatic carbocycles. The predicted octanol–water partition coefficient (Wildman–Crippen LogP) is 1.75. The highest BCUT2D eigenvalue weighted by atomic mass is 16.5. The summed E-state index contributed by atoms with van der Waals surface area (Å²) < 4.78 is 8.27. The zero-order chi connectivity index (χ0) is 16.7. The third-order valence-electron chi connectivity index (χ3n) is 5.96. The van der Waals surface area contributed by atoms with Crippen LogP contribution in [0.25, 0.3) is 0 Å². The first kappa shape index (κ1) is 16.1. The number of piperidine rings is 1. The van der Waals surface area contributed by atoms with Gasteiger partial charge in [0.25, 0.3) is 5.91 Å². The van der Waals surface area contributed by atoms with Crippen molar-refractivity contribution >= 4 is 5.91 Å². The molecule has 2 aliphatic heterocycles. The van der Waals surface area contributed by atoms with Gasteiger partial charge in [0, 0.05) is 33.7 Å². The van der Waals surface area contributed by atoms with Gasteiger partial charge in [-0.25, -0.2) is 0 Å². The fourth-order valence-electron chi connectivity index (χ4n) is 4.07. The molecular weight excluding hydrogens is 304 g/mol. The van der Waals surface area contributed by atoms with E-state index in [2.05, 4.69) is 10.00 Å². The maximum Gasteiger partial charge on any atom is 0.273 e. The lowest BCUT2D eigenvalue weighted by Gasteiger charge is -2.45. The average Bonchev–Trinajstić information content (AvgIpc) is 2.94. The third kappa shape index (κ3) is 2.97. The Morgan fingerprint density at radius 1 is 1.38 bits per heavy atom.